The second-order valence-electron chi connectivity index (χ2n) is 8.36. The maximum atomic E-state index is 13.3. The number of phenolic OH excluding ortho intramolecular Hbond substituents is 1. The molecule has 0 saturated heterocycles. The van der Waals surface area contributed by atoms with Crippen molar-refractivity contribution < 1.29 is 14.6 Å². The van der Waals surface area contributed by atoms with Crippen LogP contribution in [0.1, 0.15) is 45.2 Å². The molecule has 1 heterocycles. The first-order valence-electron chi connectivity index (χ1n) is 9.83. The highest BCUT2D eigenvalue weighted by molar-refractivity contribution is 9.10. The number of nitrogens with one attached hydrogen (secondary N) is 2. The molecular weight excluding hydrogens is 432 g/mol. The molecule has 5 nitrogen and oxygen atoms in total. The molecule has 0 unspecified atom stereocenters. The second-order valence-corrected chi connectivity index (χ2v) is 9.22. The summed E-state index contributed by atoms with van der Waals surface area (Å²) >= 11 is 3.43. The molecule has 2 aliphatic rings. The van der Waals surface area contributed by atoms with E-state index in [0.717, 1.165) is 34.6 Å². The normalized spacial score (nSPS) is 20.1. The highest BCUT2D eigenvalue weighted by Crippen LogP contribution is 2.47. The fourth-order valence-electron chi connectivity index (χ4n) is 4.17. The van der Waals surface area contributed by atoms with E-state index in [9.17, 15) is 9.90 Å². The Balaban J connectivity index is 1.90. The zero-order chi connectivity index (χ0) is 20.8. The van der Waals surface area contributed by atoms with E-state index in [1.54, 1.807) is 0 Å². The van der Waals surface area contributed by atoms with Crippen LogP contribution in [-0.2, 0) is 4.79 Å². The number of allylic oxidation sites excluding steroid dienone is 1. The maximum Gasteiger partial charge on any atom is 0.172 e. The Bertz CT molecular complexity index is 1010. The molecule has 0 spiro atoms. The summed E-state index contributed by atoms with van der Waals surface area (Å²) in [5.41, 5.74) is 4.35. The van der Waals surface area contributed by atoms with Gasteiger partial charge in [-0.2, -0.15) is 0 Å². The van der Waals surface area contributed by atoms with Crippen LogP contribution in [0.4, 0.5) is 11.4 Å². The van der Waals surface area contributed by atoms with E-state index in [0.29, 0.717) is 23.2 Å². The molecule has 0 radical (unpaired) electrons. The van der Waals surface area contributed by atoms with Crippen molar-refractivity contribution in [2.75, 3.05) is 17.2 Å². The van der Waals surface area contributed by atoms with Gasteiger partial charge < -0.3 is 20.5 Å². The number of benzene rings is 2. The Labute approximate surface area is 179 Å². The smallest absolute Gasteiger partial charge is 0.172 e. The van der Waals surface area contributed by atoms with Gasteiger partial charge in [0, 0.05) is 17.7 Å². The summed E-state index contributed by atoms with van der Waals surface area (Å²) in [6.07, 6.45) is 1.29. The van der Waals surface area contributed by atoms with Crippen LogP contribution in [0.3, 0.4) is 0 Å². The van der Waals surface area contributed by atoms with Gasteiger partial charge in [0.2, 0.25) is 0 Å². The molecule has 29 heavy (non-hydrogen) atoms. The topological polar surface area (TPSA) is 70.6 Å². The van der Waals surface area contributed by atoms with Crippen molar-refractivity contribution in [1.29, 1.82) is 0 Å². The molecule has 0 fully saturated rings. The Morgan fingerprint density at radius 3 is 2.66 bits per heavy atom. The molecule has 2 aromatic carbocycles. The molecule has 2 aromatic rings. The van der Waals surface area contributed by atoms with E-state index >= 15 is 0 Å². The summed E-state index contributed by atoms with van der Waals surface area (Å²) in [6, 6.07) is 11.3. The fraction of sp³-hybridized carbons (Fsp3) is 0.348. The third-order valence-electron chi connectivity index (χ3n) is 5.41. The largest absolute Gasteiger partial charge is 0.503 e. The third-order valence-corrected chi connectivity index (χ3v) is 6.01. The highest BCUT2D eigenvalue weighted by atomic mass is 79.9. The zero-order valence-corrected chi connectivity index (χ0v) is 18.4. The Morgan fingerprint density at radius 1 is 1.21 bits per heavy atom. The van der Waals surface area contributed by atoms with Gasteiger partial charge in [-0.05, 0) is 64.5 Å². The number of rotatable bonds is 3. The van der Waals surface area contributed by atoms with Crippen LogP contribution in [0.25, 0.3) is 0 Å². The number of ether oxygens (including phenoxy) is 1. The summed E-state index contributed by atoms with van der Waals surface area (Å²) in [4.78, 5) is 13.3. The predicted octanol–water partition coefficient (Wildman–Crippen LogP) is 5.78. The van der Waals surface area contributed by atoms with Gasteiger partial charge >= 0.3 is 0 Å². The molecule has 4 rings (SSSR count). The number of anilines is 2. The van der Waals surface area contributed by atoms with Crippen molar-refractivity contribution in [3.8, 4) is 11.5 Å². The first-order valence-corrected chi connectivity index (χ1v) is 10.6. The van der Waals surface area contributed by atoms with Crippen LogP contribution in [-0.4, -0.2) is 17.5 Å². The quantitative estimate of drug-likeness (QED) is 0.546. The Hall–Kier alpha value is -2.47. The van der Waals surface area contributed by atoms with E-state index in [1.165, 1.54) is 0 Å². The SMILES string of the molecule is CCOc1cc([C@H]2Nc3ccccc3NC3=C2C(=O)CC(C)(C)C3)cc(Br)c1O. The van der Waals surface area contributed by atoms with Gasteiger partial charge in [0.1, 0.15) is 0 Å². The summed E-state index contributed by atoms with van der Waals surface area (Å²) in [7, 11) is 0. The van der Waals surface area contributed by atoms with Crippen LogP contribution < -0.4 is 15.4 Å². The van der Waals surface area contributed by atoms with Crippen molar-refractivity contribution in [1.82, 2.24) is 0 Å². The number of para-hydroxylation sites is 2. The van der Waals surface area contributed by atoms with Crippen molar-refractivity contribution in [3.05, 3.63) is 57.7 Å². The lowest BCUT2D eigenvalue weighted by atomic mass is 9.73. The summed E-state index contributed by atoms with van der Waals surface area (Å²) in [6.45, 7) is 6.56. The van der Waals surface area contributed by atoms with Crippen LogP contribution in [0, 0.1) is 5.41 Å². The average Bonchev–Trinajstić information content (AvgIpc) is 2.80. The molecule has 0 amide bonds. The average molecular weight is 457 g/mol. The number of Topliss-reactive ketones (excluding diaryl/α,β-unsaturated/α-hetero) is 1. The first kappa shape index (κ1) is 19.8. The molecule has 0 bridgehead atoms. The number of carbonyl (C=O) groups is 1. The standard InChI is InChI=1S/C23H25BrN2O3/c1-4-29-19-10-13(9-14(24)22(19)28)21-20-17(11-23(2,3)12-18(20)27)25-15-7-5-6-8-16(15)26-21/h5-10,21,25-26,28H,4,11-12H2,1-3H3/t21-/m1/s1. The number of hydrogen-bond donors (Lipinski definition) is 3. The summed E-state index contributed by atoms with van der Waals surface area (Å²) < 4.78 is 6.16. The number of phenols is 1. The van der Waals surface area contributed by atoms with Crippen LogP contribution in [0.5, 0.6) is 11.5 Å². The van der Waals surface area contributed by atoms with Gasteiger partial charge in [0.15, 0.2) is 17.3 Å². The molecule has 0 saturated carbocycles. The molecule has 3 N–H and O–H groups in total. The fourth-order valence-corrected chi connectivity index (χ4v) is 4.63. The van der Waals surface area contributed by atoms with E-state index in [4.69, 9.17) is 4.74 Å². The van der Waals surface area contributed by atoms with Gasteiger partial charge in [-0.3, -0.25) is 4.79 Å². The number of hydrogen-bond acceptors (Lipinski definition) is 5. The van der Waals surface area contributed by atoms with Crippen LogP contribution in [0.2, 0.25) is 0 Å². The Morgan fingerprint density at radius 2 is 1.93 bits per heavy atom. The Kier molecular flexibility index (Phi) is 5.07. The lowest BCUT2D eigenvalue weighted by Crippen LogP contribution is -2.31. The van der Waals surface area contributed by atoms with Gasteiger partial charge in [0.25, 0.3) is 0 Å². The minimum atomic E-state index is -0.346. The van der Waals surface area contributed by atoms with Crippen molar-refractivity contribution in [2.24, 2.45) is 5.41 Å². The summed E-state index contributed by atoms with van der Waals surface area (Å²) in [5.74, 6) is 0.596. The molecule has 6 heteroatoms. The molecule has 1 aliphatic heterocycles. The van der Waals surface area contributed by atoms with Crippen LogP contribution in [0.15, 0.2) is 52.1 Å². The number of aromatic hydroxyl groups is 1. The first-order chi connectivity index (χ1) is 13.8. The lowest BCUT2D eigenvalue weighted by molar-refractivity contribution is -0.118. The number of halogens is 1. The molecular formula is C23H25BrN2O3. The van der Waals surface area contributed by atoms with E-state index in [-0.39, 0.29) is 23.0 Å². The maximum absolute atomic E-state index is 13.3. The van der Waals surface area contributed by atoms with E-state index in [1.807, 2.05) is 43.3 Å². The van der Waals surface area contributed by atoms with Crippen molar-refractivity contribution in [2.45, 2.75) is 39.7 Å². The summed E-state index contributed by atoms with van der Waals surface area (Å²) in [5, 5.41) is 17.4. The number of ketones is 1. The molecule has 1 aliphatic carbocycles. The third kappa shape index (κ3) is 3.73. The van der Waals surface area contributed by atoms with Gasteiger partial charge in [-0.25, -0.2) is 0 Å². The monoisotopic (exact) mass is 456 g/mol. The minimum absolute atomic E-state index is 0.0630. The van der Waals surface area contributed by atoms with Gasteiger partial charge in [-0.1, -0.05) is 26.0 Å². The van der Waals surface area contributed by atoms with Crippen molar-refractivity contribution >= 4 is 33.1 Å². The number of carbonyl (C=O) groups excluding carboxylic acids is 1. The minimum Gasteiger partial charge on any atom is -0.503 e. The molecule has 152 valence electrons. The lowest BCUT2D eigenvalue weighted by Gasteiger charge is -2.34. The zero-order valence-electron chi connectivity index (χ0n) is 16.8. The van der Waals surface area contributed by atoms with Crippen LogP contribution >= 0.6 is 15.9 Å². The molecule has 0 aromatic heterocycles. The molecule has 1 atom stereocenters. The van der Waals surface area contributed by atoms with Crippen molar-refractivity contribution in [3.63, 3.8) is 0 Å². The van der Waals surface area contributed by atoms with Gasteiger partial charge in [0.05, 0.1) is 28.5 Å². The van der Waals surface area contributed by atoms with E-state index in [2.05, 4.69) is 40.4 Å². The predicted molar refractivity (Wildman–Crippen MR) is 118 cm³/mol. The van der Waals surface area contributed by atoms with Gasteiger partial charge in [-0.15, -0.1) is 0 Å². The number of fused-ring (bicyclic) bond motifs is 1. The second kappa shape index (κ2) is 7.41. The highest BCUT2D eigenvalue weighted by Gasteiger charge is 2.39. The van der Waals surface area contributed by atoms with E-state index < -0.39 is 0 Å².